The van der Waals surface area contributed by atoms with E-state index in [2.05, 4.69) is 4.99 Å². The molecule has 3 aromatic carbocycles. The number of hydrogen-bond donors (Lipinski definition) is 0. The Labute approximate surface area is 232 Å². The van der Waals surface area contributed by atoms with Crippen molar-refractivity contribution in [2.75, 3.05) is 7.11 Å². The molecule has 2 heterocycles. The second kappa shape index (κ2) is 11.8. The number of hydrogen-bond acceptors (Lipinski definition) is 7. The van der Waals surface area contributed by atoms with E-state index in [0.717, 1.165) is 11.1 Å². The van der Waals surface area contributed by atoms with Gasteiger partial charge in [-0.25, -0.2) is 9.79 Å². The monoisotopic (exact) mass is 542 g/mol. The average Bonchev–Trinajstić information content (AvgIpc) is 3.29. The lowest BCUT2D eigenvalue weighted by molar-refractivity contribution is -0.141. The summed E-state index contributed by atoms with van der Waals surface area (Å²) in [6, 6.07) is 24.2. The highest BCUT2D eigenvalue weighted by atomic mass is 32.2. The SMILES string of the molecule is CCC1SC2=NC(C)=C(C(=O)OCc3ccccc3)C(c3ccc(OCc4ccccc4)c(OC)c3)N2C1=O. The summed E-state index contributed by atoms with van der Waals surface area (Å²) in [5.41, 5.74) is 3.48. The minimum atomic E-state index is -0.700. The van der Waals surface area contributed by atoms with Gasteiger partial charge in [-0.1, -0.05) is 85.4 Å². The molecule has 8 heteroatoms. The van der Waals surface area contributed by atoms with Crippen molar-refractivity contribution in [3.63, 3.8) is 0 Å². The smallest absolute Gasteiger partial charge is 0.338 e. The maximum Gasteiger partial charge on any atom is 0.338 e. The van der Waals surface area contributed by atoms with Crippen LogP contribution in [0.3, 0.4) is 0 Å². The van der Waals surface area contributed by atoms with E-state index >= 15 is 0 Å². The van der Waals surface area contributed by atoms with E-state index in [1.807, 2.05) is 85.8 Å². The summed E-state index contributed by atoms with van der Waals surface area (Å²) in [7, 11) is 1.57. The summed E-state index contributed by atoms with van der Waals surface area (Å²) in [5.74, 6) is 0.492. The molecule has 1 saturated heterocycles. The van der Waals surface area contributed by atoms with E-state index in [1.165, 1.54) is 11.8 Å². The van der Waals surface area contributed by atoms with E-state index in [-0.39, 0.29) is 17.8 Å². The molecule has 7 nitrogen and oxygen atoms in total. The number of carbonyl (C=O) groups is 2. The van der Waals surface area contributed by atoms with Crippen LogP contribution < -0.4 is 9.47 Å². The molecule has 5 rings (SSSR count). The molecule has 2 aliphatic rings. The Hall–Kier alpha value is -4.04. The van der Waals surface area contributed by atoms with Crippen LogP contribution in [0, 0.1) is 0 Å². The lowest BCUT2D eigenvalue weighted by Crippen LogP contribution is -2.40. The van der Waals surface area contributed by atoms with Crippen LogP contribution >= 0.6 is 11.8 Å². The predicted molar refractivity (Wildman–Crippen MR) is 151 cm³/mol. The van der Waals surface area contributed by atoms with Gasteiger partial charge in [0, 0.05) is 0 Å². The van der Waals surface area contributed by atoms with Crippen LogP contribution in [-0.2, 0) is 27.5 Å². The van der Waals surface area contributed by atoms with E-state index in [4.69, 9.17) is 14.2 Å². The molecule has 0 aliphatic carbocycles. The molecule has 1 fully saturated rings. The minimum Gasteiger partial charge on any atom is -0.493 e. The van der Waals surface area contributed by atoms with Gasteiger partial charge < -0.3 is 14.2 Å². The molecule has 0 N–H and O–H groups in total. The summed E-state index contributed by atoms with van der Waals surface area (Å²) in [6.07, 6.45) is 0.661. The Morgan fingerprint density at radius 3 is 2.26 bits per heavy atom. The molecule has 200 valence electrons. The third-order valence-electron chi connectivity index (χ3n) is 6.70. The van der Waals surface area contributed by atoms with Crippen molar-refractivity contribution in [1.29, 1.82) is 0 Å². The van der Waals surface area contributed by atoms with Crippen LogP contribution in [0.15, 0.2) is 95.1 Å². The molecule has 2 aliphatic heterocycles. The van der Waals surface area contributed by atoms with E-state index < -0.39 is 12.0 Å². The molecule has 0 aromatic heterocycles. The minimum absolute atomic E-state index is 0.0736. The van der Waals surface area contributed by atoms with E-state index in [9.17, 15) is 9.59 Å². The van der Waals surface area contributed by atoms with Crippen molar-refractivity contribution in [2.45, 2.75) is 44.8 Å². The van der Waals surface area contributed by atoms with Crippen molar-refractivity contribution >= 4 is 28.8 Å². The maximum atomic E-state index is 13.5. The van der Waals surface area contributed by atoms with Crippen LogP contribution in [0.4, 0.5) is 0 Å². The number of benzene rings is 3. The van der Waals surface area contributed by atoms with E-state index in [0.29, 0.717) is 46.5 Å². The first-order chi connectivity index (χ1) is 19.0. The number of amides is 1. The van der Waals surface area contributed by atoms with Crippen molar-refractivity contribution in [3.8, 4) is 11.5 Å². The van der Waals surface area contributed by atoms with Gasteiger partial charge in [0.2, 0.25) is 5.91 Å². The van der Waals surface area contributed by atoms with Gasteiger partial charge in [-0.15, -0.1) is 0 Å². The van der Waals surface area contributed by atoms with Gasteiger partial charge in [0.15, 0.2) is 16.7 Å². The number of thioether (sulfide) groups is 1. The second-order valence-corrected chi connectivity index (χ2v) is 10.4. The molecule has 1 amide bonds. The Bertz CT molecular complexity index is 1420. The number of rotatable bonds is 9. The van der Waals surface area contributed by atoms with E-state index in [1.54, 1.807) is 18.9 Å². The van der Waals surface area contributed by atoms with Crippen molar-refractivity contribution in [3.05, 3.63) is 107 Å². The molecule has 3 aromatic rings. The topological polar surface area (TPSA) is 77.4 Å². The van der Waals surface area contributed by atoms with Crippen molar-refractivity contribution in [1.82, 2.24) is 4.90 Å². The zero-order valence-electron chi connectivity index (χ0n) is 22.1. The third kappa shape index (κ3) is 5.56. The quantitative estimate of drug-likeness (QED) is 0.306. The molecule has 0 radical (unpaired) electrons. The summed E-state index contributed by atoms with van der Waals surface area (Å²) in [5, 5.41) is 0.339. The fourth-order valence-corrected chi connectivity index (χ4v) is 5.81. The Morgan fingerprint density at radius 2 is 1.62 bits per heavy atom. The number of allylic oxidation sites excluding steroid dienone is 1. The lowest BCUT2D eigenvalue weighted by Gasteiger charge is -2.33. The molecule has 39 heavy (non-hydrogen) atoms. The first kappa shape index (κ1) is 26.6. The third-order valence-corrected chi connectivity index (χ3v) is 8.01. The maximum absolute atomic E-state index is 13.5. The van der Waals surface area contributed by atoms with Gasteiger partial charge >= 0.3 is 5.97 Å². The molecule has 2 atom stereocenters. The second-order valence-electron chi connectivity index (χ2n) is 9.27. The zero-order valence-corrected chi connectivity index (χ0v) is 22.9. The summed E-state index contributed by atoms with van der Waals surface area (Å²) in [6.45, 7) is 4.26. The van der Waals surface area contributed by atoms with Gasteiger partial charge in [-0.05, 0) is 42.2 Å². The average molecular weight is 543 g/mol. The van der Waals surface area contributed by atoms with Crippen molar-refractivity contribution < 1.29 is 23.8 Å². The molecule has 0 bridgehead atoms. The fourth-order valence-electron chi connectivity index (χ4n) is 4.68. The number of ether oxygens (including phenoxy) is 3. The Kier molecular flexibility index (Phi) is 8.02. The number of nitrogens with zero attached hydrogens (tertiary/aromatic N) is 2. The molecule has 0 spiro atoms. The first-order valence-corrected chi connectivity index (χ1v) is 13.7. The van der Waals surface area contributed by atoms with Crippen LogP contribution in [-0.4, -0.2) is 34.3 Å². The zero-order chi connectivity index (χ0) is 27.4. The fraction of sp³-hybridized carbons (Fsp3) is 0.258. The number of fused-ring (bicyclic) bond motifs is 1. The molecular formula is C31H30N2O5S. The molecule has 2 unspecified atom stereocenters. The number of carbonyl (C=O) groups excluding carboxylic acids is 2. The van der Waals surface area contributed by atoms with Crippen LogP contribution in [0.1, 0.15) is 43.0 Å². The normalized spacial score (nSPS) is 18.5. The number of amidine groups is 1. The van der Waals surface area contributed by atoms with Gasteiger partial charge in [0.25, 0.3) is 0 Å². The summed E-state index contributed by atoms with van der Waals surface area (Å²) in [4.78, 5) is 33.3. The summed E-state index contributed by atoms with van der Waals surface area (Å²) < 4.78 is 17.4. The summed E-state index contributed by atoms with van der Waals surface area (Å²) >= 11 is 1.43. The van der Waals surface area contributed by atoms with Crippen LogP contribution in [0.2, 0.25) is 0 Å². The van der Waals surface area contributed by atoms with Gasteiger partial charge in [-0.2, -0.15) is 0 Å². The standard InChI is InChI=1S/C31H30N2O5S/c1-4-26-29(34)33-28(23-15-16-24(25(17-23)36-3)37-18-21-11-7-5-8-12-21)27(20(2)32-31(33)39-26)30(35)38-19-22-13-9-6-10-14-22/h5-17,26,28H,4,18-19H2,1-3H3. The van der Waals surface area contributed by atoms with Gasteiger partial charge in [0.1, 0.15) is 13.2 Å². The van der Waals surface area contributed by atoms with Crippen LogP contribution in [0.25, 0.3) is 0 Å². The van der Waals surface area contributed by atoms with Crippen molar-refractivity contribution in [2.24, 2.45) is 4.99 Å². The van der Waals surface area contributed by atoms with Gasteiger partial charge in [0.05, 0.1) is 29.7 Å². The van der Waals surface area contributed by atoms with Gasteiger partial charge in [-0.3, -0.25) is 9.69 Å². The molecular weight excluding hydrogens is 512 g/mol. The number of esters is 1. The predicted octanol–water partition coefficient (Wildman–Crippen LogP) is 6.06. The Balaban J connectivity index is 1.48. The highest BCUT2D eigenvalue weighted by Gasteiger charge is 2.47. The number of methoxy groups -OCH3 is 1. The lowest BCUT2D eigenvalue weighted by atomic mass is 9.93. The highest BCUT2D eigenvalue weighted by Crippen LogP contribution is 2.45. The number of aliphatic imine (C=N–C) groups is 1. The first-order valence-electron chi connectivity index (χ1n) is 12.8. The Morgan fingerprint density at radius 1 is 0.949 bits per heavy atom. The highest BCUT2D eigenvalue weighted by molar-refractivity contribution is 8.15. The van der Waals surface area contributed by atoms with Crippen LogP contribution in [0.5, 0.6) is 11.5 Å². The molecule has 0 saturated carbocycles. The largest absolute Gasteiger partial charge is 0.493 e.